The number of hydrogen-bond acceptors (Lipinski definition) is 8. The number of nitrogens with two attached hydrogens (primary N) is 1. The van der Waals surface area contributed by atoms with Crippen LogP contribution in [0.4, 0.5) is 11.4 Å². The summed E-state index contributed by atoms with van der Waals surface area (Å²) in [6.45, 7) is 2.05. The molecule has 0 spiro atoms. The van der Waals surface area contributed by atoms with Crippen molar-refractivity contribution in [2.75, 3.05) is 12.0 Å². The number of aryl methyl sites for hydroxylation is 1. The minimum Gasteiger partial charge on any atom is -0.496 e. The average Bonchev–Trinajstić information content (AvgIpc) is 2.97. The van der Waals surface area contributed by atoms with Crippen molar-refractivity contribution < 1.29 is 19.2 Å². The van der Waals surface area contributed by atoms with Gasteiger partial charge in [-0.3, -0.25) is 19.8 Å². The number of ketones is 1. The molecule has 208 valence electrons. The van der Waals surface area contributed by atoms with Gasteiger partial charge in [-0.15, -0.1) is 0 Å². The van der Waals surface area contributed by atoms with Crippen molar-refractivity contribution in [1.29, 1.82) is 5.26 Å². The number of carbonyl (C=O) groups excluding carboxylic acids is 1. The number of ether oxygens (including phenoxy) is 2. The zero-order chi connectivity index (χ0) is 29.3. The number of nitro benzene ring substituents is 1. The minimum atomic E-state index is -0.746. The van der Waals surface area contributed by atoms with Crippen LogP contribution >= 0.6 is 11.6 Å². The number of carbonyl (C=O) groups is 1. The summed E-state index contributed by atoms with van der Waals surface area (Å²) in [6.07, 6.45) is 1.35. The predicted octanol–water partition coefficient (Wildman–Crippen LogP) is 6.45. The molecule has 1 aliphatic heterocycles. The van der Waals surface area contributed by atoms with Gasteiger partial charge in [0.15, 0.2) is 5.78 Å². The fourth-order valence-corrected chi connectivity index (χ4v) is 5.58. The number of anilines is 1. The maximum Gasteiger partial charge on any atom is 0.293 e. The third-order valence-electron chi connectivity index (χ3n) is 7.39. The number of nitriles is 1. The number of nitro groups is 1. The van der Waals surface area contributed by atoms with Crippen molar-refractivity contribution >= 4 is 28.8 Å². The third kappa shape index (κ3) is 5.10. The van der Waals surface area contributed by atoms with Crippen LogP contribution in [0.15, 0.2) is 83.3 Å². The van der Waals surface area contributed by atoms with Gasteiger partial charge in [-0.05, 0) is 67.3 Å². The first-order valence-corrected chi connectivity index (χ1v) is 13.4. The van der Waals surface area contributed by atoms with Gasteiger partial charge in [0.1, 0.15) is 29.6 Å². The summed E-state index contributed by atoms with van der Waals surface area (Å²) in [5.41, 5.74) is 10.1. The maximum atomic E-state index is 13.5. The standard InChI is InChI=1S/C31H27ClN4O5/c1-18-14-21(11-12-23(18)32)41-17-20-15-19(10-13-28(20)40-2)29-22(16-33)31(34)35(26-8-5-9-27(37)30(26)29)24-6-3-4-7-25(24)36(38)39/h3-4,6-7,10-15,29H,5,8-9,17,34H2,1-2H3. The second-order valence-corrected chi connectivity index (χ2v) is 10.2. The fraction of sp³-hybridized carbons (Fsp3) is 0.226. The second kappa shape index (κ2) is 11.4. The van der Waals surface area contributed by atoms with Crippen LogP contribution in [0.3, 0.4) is 0 Å². The van der Waals surface area contributed by atoms with Gasteiger partial charge in [0, 0.05) is 34.3 Å². The molecule has 1 heterocycles. The highest BCUT2D eigenvalue weighted by atomic mass is 35.5. The van der Waals surface area contributed by atoms with Gasteiger partial charge in [-0.2, -0.15) is 5.26 Å². The van der Waals surface area contributed by atoms with E-state index in [9.17, 15) is 20.2 Å². The molecule has 9 nitrogen and oxygen atoms in total. The van der Waals surface area contributed by atoms with Crippen LogP contribution < -0.4 is 20.1 Å². The second-order valence-electron chi connectivity index (χ2n) is 9.83. The normalized spacial score (nSPS) is 16.8. The van der Waals surface area contributed by atoms with E-state index in [0.717, 1.165) is 5.56 Å². The van der Waals surface area contributed by atoms with E-state index in [0.29, 0.717) is 58.2 Å². The quantitative estimate of drug-likeness (QED) is 0.253. The molecule has 1 aliphatic carbocycles. The topological polar surface area (TPSA) is 132 Å². The first kappa shape index (κ1) is 27.7. The van der Waals surface area contributed by atoms with E-state index in [1.807, 2.05) is 19.1 Å². The fourth-order valence-electron chi connectivity index (χ4n) is 5.46. The Balaban J connectivity index is 1.62. The number of para-hydroxylation sites is 2. The van der Waals surface area contributed by atoms with Crippen LogP contribution in [-0.4, -0.2) is 17.8 Å². The van der Waals surface area contributed by atoms with Gasteiger partial charge in [-0.25, -0.2) is 0 Å². The molecule has 0 radical (unpaired) electrons. The Hall–Kier alpha value is -4.81. The van der Waals surface area contributed by atoms with Crippen molar-refractivity contribution in [3.8, 4) is 17.6 Å². The Bertz CT molecular complexity index is 1670. The third-order valence-corrected chi connectivity index (χ3v) is 7.82. The molecule has 3 aromatic rings. The van der Waals surface area contributed by atoms with Gasteiger partial charge < -0.3 is 15.2 Å². The molecule has 0 amide bonds. The molecule has 3 aromatic carbocycles. The smallest absolute Gasteiger partial charge is 0.293 e. The summed E-state index contributed by atoms with van der Waals surface area (Å²) in [5, 5.41) is 22.9. The number of hydrogen-bond donors (Lipinski definition) is 1. The van der Waals surface area contributed by atoms with E-state index in [4.69, 9.17) is 26.8 Å². The molecule has 1 unspecified atom stereocenters. The summed E-state index contributed by atoms with van der Waals surface area (Å²) in [5.74, 6) is 0.406. The van der Waals surface area contributed by atoms with E-state index in [-0.39, 0.29) is 35.2 Å². The number of benzene rings is 3. The van der Waals surface area contributed by atoms with Gasteiger partial charge in [-0.1, -0.05) is 29.8 Å². The lowest BCUT2D eigenvalue weighted by molar-refractivity contribution is -0.384. The van der Waals surface area contributed by atoms with E-state index < -0.39 is 10.8 Å². The number of methoxy groups -OCH3 is 1. The summed E-state index contributed by atoms with van der Waals surface area (Å²) in [7, 11) is 1.56. The number of rotatable bonds is 7. The Morgan fingerprint density at radius 1 is 1.17 bits per heavy atom. The molecule has 5 rings (SSSR count). The van der Waals surface area contributed by atoms with Gasteiger partial charge in [0.2, 0.25) is 0 Å². The number of nitrogens with zero attached hydrogens (tertiary/aromatic N) is 3. The molecule has 10 heteroatoms. The van der Waals surface area contributed by atoms with Crippen LogP contribution in [0.2, 0.25) is 5.02 Å². The molecule has 1 atom stereocenters. The maximum absolute atomic E-state index is 13.5. The van der Waals surface area contributed by atoms with Crippen molar-refractivity contribution in [1.82, 2.24) is 0 Å². The molecule has 0 saturated carbocycles. The van der Waals surface area contributed by atoms with Crippen molar-refractivity contribution in [2.24, 2.45) is 5.73 Å². The summed E-state index contributed by atoms with van der Waals surface area (Å²) in [4.78, 5) is 26.4. The molecule has 0 bridgehead atoms. The molecular formula is C31H27ClN4O5. The largest absolute Gasteiger partial charge is 0.496 e. The lowest BCUT2D eigenvalue weighted by Gasteiger charge is -2.39. The van der Waals surface area contributed by atoms with Crippen LogP contribution in [0.1, 0.15) is 41.9 Å². The van der Waals surface area contributed by atoms with Crippen molar-refractivity contribution in [3.05, 3.63) is 115 Å². The van der Waals surface area contributed by atoms with E-state index in [2.05, 4.69) is 6.07 Å². The number of halogens is 1. The minimum absolute atomic E-state index is 0.0607. The van der Waals surface area contributed by atoms with E-state index in [1.165, 1.54) is 11.0 Å². The van der Waals surface area contributed by atoms with E-state index >= 15 is 0 Å². The van der Waals surface area contributed by atoms with Crippen LogP contribution in [-0.2, 0) is 11.4 Å². The highest BCUT2D eigenvalue weighted by Gasteiger charge is 2.41. The number of Topliss-reactive ketones (excluding diaryl/α,β-unsaturated/α-hetero) is 1. The monoisotopic (exact) mass is 570 g/mol. The first-order chi connectivity index (χ1) is 19.7. The van der Waals surface area contributed by atoms with Gasteiger partial charge in [0.05, 0.1) is 29.6 Å². The average molecular weight is 571 g/mol. The molecule has 0 aromatic heterocycles. The molecule has 2 N–H and O–H groups in total. The highest BCUT2D eigenvalue weighted by Crippen LogP contribution is 2.48. The molecule has 0 saturated heterocycles. The molecule has 41 heavy (non-hydrogen) atoms. The zero-order valence-corrected chi connectivity index (χ0v) is 23.3. The van der Waals surface area contributed by atoms with Gasteiger partial charge in [0.25, 0.3) is 5.69 Å². The molecule has 2 aliphatic rings. The summed E-state index contributed by atoms with van der Waals surface area (Å²) < 4.78 is 11.6. The number of allylic oxidation sites excluding steroid dienone is 3. The molecular weight excluding hydrogens is 544 g/mol. The first-order valence-electron chi connectivity index (χ1n) is 13.0. The van der Waals surface area contributed by atoms with Crippen molar-refractivity contribution in [2.45, 2.75) is 38.7 Å². The summed E-state index contributed by atoms with van der Waals surface area (Å²) >= 11 is 6.15. The lowest BCUT2D eigenvalue weighted by atomic mass is 9.75. The Labute approximate surface area is 242 Å². The highest BCUT2D eigenvalue weighted by molar-refractivity contribution is 6.31. The van der Waals surface area contributed by atoms with Crippen molar-refractivity contribution in [3.63, 3.8) is 0 Å². The zero-order valence-electron chi connectivity index (χ0n) is 22.5. The Morgan fingerprint density at radius 3 is 2.66 bits per heavy atom. The van der Waals surface area contributed by atoms with Crippen LogP contribution in [0.25, 0.3) is 0 Å². The van der Waals surface area contributed by atoms with Crippen LogP contribution in [0.5, 0.6) is 11.5 Å². The van der Waals surface area contributed by atoms with E-state index in [1.54, 1.807) is 49.6 Å². The van der Waals surface area contributed by atoms with Crippen LogP contribution in [0, 0.1) is 28.4 Å². The lowest BCUT2D eigenvalue weighted by Crippen LogP contribution is -2.39. The molecule has 0 fully saturated rings. The Morgan fingerprint density at radius 2 is 1.95 bits per heavy atom. The summed E-state index contributed by atoms with van der Waals surface area (Å²) in [6, 6.07) is 19.2. The Kier molecular flexibility index (Phi) is 7.68. The van der Waals surface area contributed by atoms with Gasteiger partial charge >= 0.3 is 0 Å². The predicted molar refractivity (Wildman–Crippen MR) is 155 cm³/mol. The SMILES string of the molecule is COc1ccc(C2C(C#N)=C(N)N(c3ccccc3[N+](=O)[O-])C3=C2C(=O)CCC3)cc1COc1ccc(Cl)c(C)c1.